The van der Waals surface area contributed by atoms with Gasteiger partial charge in [-0.2, -0.15) is 5.26 Å². The summed E-state index contributed by atoms with van der Waals surface area (Å²) in [5.41, 5.74) is 0.170. The van der Waals surface area contributed by atoms with Crippen LogP contribution in [0.15, 0.2) is 11.6 Å². The van der Waals surface area contributed by atoms with Gasteiger partial charge in [-0.05, 0) is 25.7 Å². The number of allylic oxidation sites excluding steroid dienone is 1. The fourth-order valence-corrected chi connectivity index (χ4v) is 1.90. The second kappa shape index (κ2) is 6.23. The number of hydrogen-bond acceptors (Lipinski definition) is 3. The molecule has 0 bridgehead atoms. The first kappa shape index (κ1) is 11.8. The summed E-state index contributed by atoms with van der Waals surface area (Å²) in [4.78, 5) is 11.3. The quantitative estimate of drug-likeness (QED) is 0.406. The Kier molecular flexibility index (Phi) is 4.89. The van der Waals surface area contributed by atoms with Crippen LogP contribution in [0.3, 0.4) is 0 Å². The highest BCUT2D eigenvalue weighted by Crippen LogP contribution is 2.25. The van der Waals surface area contributed by atoms with Crippen LogP contribution in [0.4, 0.5) is 0 Å². The molecule has 1 aliphatic carbocycles. The SMILES string of the molecule is CCOC(=O)C(C#N)=CC1CCCCC1. The Morgan fingerprint density at radius 1 is 1.47 bits per heavy atom. The van der Waals surface area contributed by atoms with Crippen LogP contribution >= 0.6 is 0 Å². The number of nitriles is 1. The zero-order chi connectivity index (χ0) is 11.1. The fourth-order valence-electron chi connectivity index (χ4n) is 1.90. The number of esters is 1. The predicted molar refractivity (Wildman–Crippen MR) is 56.9 cm³/mol. The minimum atomic E-state index is -0.481. The van der Waals surface area contributed by atoms with Crippen molar-refractivity contribution in [3.63, 3.8) is 0 Å². The lowest BCUT2D eigenvalue weighted by Gasteiger charge is -2.18. The maximum Gasteiger partial charge on any atom is 0.348 e. The van der Waals surface area contributed by atoms with E-state index in [4.69, 9.17) is 10.00 Å². The Bertz CT molecular complexity index is 282. The molecule has 3 heteroatoms. The molecular formula is C12H17NO2. The monoisotopic (exact) mass is 207 g/mol. The first-order valence-electron chi connectivity index (χ1n) is 5.57. The number of rotatable bonds is 3. The predicted octanol–water partition coefficient (Wildman–Crippen LogP) is 2.58. The van der Waals surface area contributed by atoms with Gasteiger partial charge in [0.1, 0.15) is 11.6 Å². The summed E-state index contributed by atoms with van der Waals surface area (Å²) in [5, 5.41) is 8.83. The number of hydrogen-bond donors (Lipinski definition) is 0. The highest BCUT2D eigenvalue weighted by Gasteiger charge is 2.16. The number of nitrogens with zero attached hydrogens (tertiary/aromatic N) is 1. The van der Waals surface area contributed by atoms with Crippen LogP contribution in [0.1, 0.15) is 39.0 Å². The van der Waals surface area contributed by atoms with Crippen LogP contribution in [0, 0.1) is 17.2 Å². The third kappa shape index (κ3) is 3.75. The average Bonchev–Trinajstić information content (AvgIpc) is 2.27. The lowest BCUT2D eigenvalue weighted by molar-refractivity contribution is -0.138. The molecule has 1 saturated carbocycles. The third-order valence-corrected chi connectivity index (χ3v) is 2.67. The molecule has 0 aromatic carbocycles. The van der Waals surface area contributed by atoms with Gasteiger partial charge < -0.3 is 4.74 Å². The molecule has 0 atom stereocenters. The molecule has 0 aromatic heterocycles. The van der Waals surface area contributed by atoms with Crippen LogP contribution in [0.2, 0.25) is 0 Å². The van der Waals surface area contributed by atoms with E-state index in [-0.39, 0.29) is 5.57 Å². The average molecular weight is 207 g/mol. The number of carbonyl (C=O) groups excluding carboxylic acids is 1. The first-order chi connectivity index (χ1) is 7.27. The van der Waals surface area contributed by atoms with Gasteiger partial charge >= 0.3 is 5.97 Å². The molecule has 0 unspecified atom stereocenters. The molecule has 1 rings (SSSR count). The van der Waals surface area contributed by atoms with E-state index in [2.05, 4.69) is 0 Å². The summed E-state index contributed by atoms with van der Waals surface area (Å²) < 4.78 is 4.81. The second-order valence-corrected chi connectivity index (χ2v) is 3.81. The van der Waals surface area contributed by atoms with Crippen molar-refractivity contribution in [1.29, 1.82) is 5.26 Å². The van der Waals surface area contributed by atoms with E-state index in [1.807, 2.05) is 6.07 Å². The Morgan fingerprint density at radius 2 is 2.13 bits per heavy atom. The minimum absolute atomic E-state index is 0.170. The highest BCUT2D eigenvalue weighted by molar-refractivity contribution is 5.92. The lowest BCUT2D eigenvalue weighted by Crippen LogP contribution is -2.10. The van der Waals surface area contributed by atoms with Gasteiger partial charge in [0, 0.05) is 0 Å². The number of ether oxygens (including phenoxy) is 1. The van der Waals surface area contributed by atoms with Crippen LogP contribution in [-0.4, -0.2) is 12.6 Å². The summed E-state index contributed by atoms with van der Waals surface area (Å²) in [7, 11) is 0. The molecule has 82 valence electrons. The van der Waals surface area contributed by atoms with E-state index in [0.717, 1.165) is 12.8 Å². The summed E-state index contributed by atoms with van der Waals surface area (Å²) in [6.45, 7) is 2.07. The van der Waals surface area contributed by atoms with E-state index in [9.17, 15) is 4.79 Å². The van der Waals surface area contributed by atoms with Crippen molar-refractivity contribution in [2.75, 3.05) is 6.61 Å². The first-order valence-corrected chi connectivity index (χ1v) is 5.57. The molecule has 0 radical (unpaired) electrons. The van der Waals surface area contributed by atoms with Gasteiger partial charge in [0.15, 0.2) is 0 Å². The smallest absolute Gasteiger partial charge is 0.348 e. The molecule has 0 heterocycles. The maximum absolute atomic E-state index is 11.3. The summed E-state index contributed by atoms with van der Waals surface area (Å²) in [5.74, 6) is -0.0941. The molecule has 0 N–H and O–H groups in total. The molecule has 0 aromatic rings. The van der Waals surface area contributed by atoms with Crippen molar-refractivity contribution in [2.45, 2.75) is 39.0 Å². The Labute approximate surface area is 90.7 Å². The van der Waals surface area contributed by atoms with Gasteiger partial charge in [-0.1, -0.05) is 25.3 Å². The Morgan fingerprint density at radius 3 is 2.67 bits per heavy atom. The molecule has 0 amide bonds. The lowest BCUT2D eigenvalue weighted by atomic mass is 9.88. The molecule has 1 fully saturated rings. The van der Waals surface area contributed by atoms with Crippen LogP contribution in [-0.2, 0) is 9.53 Å². The standard InChI is InChI=1S/C12H17NO2/c1-2-15-12(14)11(9-13)8-10-6-4-3-5-7-10/h8,10H,2-7H2,1H3. The summed E-state index contributed by atoms with van der Waals surface area (Å²) in [6, 6.07) is 1.92. The minimum Gasteiger partial charge on any atom is -0.462 e. The number of carbonyl (C=O) groups is 1. The molecule has 1 aliphatic rings. The van der Waals surface area contributed by atoms with Crippen molar-refractivity contribution in [3.8, 4) is 6.07 Å². The molecule has 3 nitrogen and oxygen atoms in total. The third-order valence-electron chi connectivity index (χ3n) is 2.67. The van der Waals surface area contributed by atoms with Gasteiger partial charge in [0.25, 0.3) is 0 Å². The van der Waals surface area contributed by atoms with Gasteiger partial charge in [-0.15, -0.1) is 0 Å². The van der Waals surface area contributed by atoms with E-state index in [0.29, 0.717) is 12.5 Å². The normalized spacial score (nSPS) is 18.3. The van der Waals surface area contributed by atoms with E-state index < -0.39 is 5.97 Å². The van der Waals surface area contributed by atoms with Gasteiger partial charge in [-0.3, -0.25) is 0 Å². The van der Waals surface area contributed by atoms with Crippen LogP contribution in [0.25, 0.3) is 0 Å². The summed E-state index contributed by atoms with van der Waals surface area (Å²) >= 11 is 0. The topological polar surface area (TPSA) is 50.1 Å². The van der Waals surface area contributed by atoms with Gasteiger partial charge in [0.2, 0.25) is 0 Å². The molecule has 0 spiro atoms. The van der Waals surface area contributed by atoms with Crippen molar-refractivity contribution in [3.05, 3.63) is 11.6 Å². The second-order valence-electron chi connectivity index (χ2n) is 3.81. The van der Waals surface area contributed by atoms with Crippen molar-refractivity contribution < 1.29 is 9.53 Å². The van der Waals surface area contributed by atoms with Crippen LogP contribution < -0.4 is 0 Å². The van der Waals surface area contributed by atoms with Crippen LogP contribution in [0.5, 0.6) is 0 Å². The maximum atomic E-state index is 11.3. The molecule has 0 saturated heterocycles. The highest BCUT2D eigenvalue weighted by atomic mass is 16.5. The Hall–Kier alpha value is -1.30. The zero-order valence-corrected chi connectivity index (χ0v) is 9.16. The summed E-state index contributed by atoms with van der Waals surface area (Å²) in [6.07, 6.45) is 7.63. The van der Waals surface area contributed by atoms with Crippen molar-refractivity contribution in [1.82, 2.24) is 0 Å². The fraction of sp³-hybridized carbons (Fsp3) is 0.667. The van der Waals surface area contributed by atoms with Gasteiger partial charge in [-0.25, -0.2) is 4.79 Å². The van der Waals surface area contributed by atoms with Crippen molar-refractivity contribution in [2.24, 2.45) is 5.92 Å². The van der Waals surface area contributed by atoms with E-state index in [1.165, 1.54) is 19.3 Å². The largest absolute Gasteiger partial charge is 0.462 e. The van der Waals surface area contributed by atoms with Gasteiger partial charge in [0.05, 0.1) is 6.61 Å². The van der Waals surface area contributed by atoms with Crippen molar-refractivity contribution >= 4 is 5.97 Å². The Balaban J connectivity index is 2.60. The zero-order valence-electron chi connectivity index (χ0n) is 9.16. The molecular weight excluding hydrogens is 190 g/mol. The molecule has 15 heavy (non-hydrogen) atoms. The molecule has 0 aliphatic heterocycles. The van der Waals surface area contributed by atoms with E-state index in [1.54, 1.807) is 13.0 Å². The van der Waals surface area contributed by atoms with E-state index >= 15 is 0 Å².